The molecule has 20 heavy (non-hydrogen) atoms. The zero-order chi connectivity index (χ0) is 14.5. The molecule has 8 heteroatoms. The number of nitrogens with zero attached hydrogens (tertiary/aromatic N) is 1. The van der Waals surface area contributed by atoms with Gasteiger partial charge in [-0.25, -0.2) is 0 Å². The Balaban J connectivity index is 2.20. The van der Waals surface area contributed by atoms with Crippen LogP contribution in [0.5, 0.6) is 0 Å². The maximum atomic E-state index is 12.2. The van der Waals surface area contributed by atoms with Crippen molar-refractivity contribution in [3.05, 3.63) is 33.9 Å². The second-order valence-electron chi connectivity index (χ2n) is 4.46. The molecule has 1 fully saturated rings. The van der Waals surface area contributed by atoms with Gasteiger partial charge in [-0.2, -0.15) is 0 Å². The van der Waals surface area contributed by atoms with Crippen LogP contribution in [0.2, 0.25) is 0 Å². The Morgan fingerprint density at radius 1 is 1.40 bits per heavy atom. The van der Waals surface area contributed by atoms with Crippen LogP contribution in [0, 0.1) is 10.1 Å². The Hall–Kier alpha value is -2.19. The molecule has 1 amide bonds. The van der Waals surface area contributed by atoms with E-state index in [1.807, 2.05) is 0 Å². The summed E-state index contributed by atoms with van der Waals surface area (Å²) in [6.45, 7) is 1.20. The first-order valence-electron chi connectivity index (χ1n) is 6.26. The topological polar surface area (TPSA) is 120 Å². The van der Waals surface area contributed by atoms with Gasteiger partial charge in [0.1, 0.15) is 5.69 Å². The number of nitro groups is 1. The van der Waals surface area contributed by atoms with Gasteiger partial charge < -0.3 is 15.5 Å². The maximum Gasteiger partial charge on any atom is 0.294 e. The predicted octanol–water partition coefficient (Wildman–Crippen LogP) is 0.789. The number of nitrogens with one attached hydrogen (secondary N) is 2. The fraction of sp³-hybridized carbons (Fsp3) is 0.417. The molecule has 0 aromatic heterocycles. The molecule has 2 rings (SSSR count). The van der Waals surface area contributed by atoms with Gasteiger partial charge in [-0.05, 0) is 18.9 Å². The molecule has 0 radical (unpaired) electrons. The number of para-hydroxylation sites is 1. The Bertz CT molecular complexity index is 514. The third-order valence-electron chi connectivity index (χ3n) is 3.18. The van der Waals surface area contributed by atoms with E-state index >= 15 is 0 Å². The summed E-state index contributed by atoms with van der Waals surface area (Å²) in [5.41, 5.74) is 2.18. The van der Waals surface area contributed by atoms with E-state index in [2.05, 4.69) is 10.7 Å². The zero-order valence-corrected chi connectivity index (χ0v) is 10.8. The number of nitro benzene ring substituents is 1. The highest BCUT2D eigenvalue weighted by atomic mass is 16.6. The summed E-state index contributed by atoms with van der Waals surface area (Å²) in [5, 5.41) is 13.7. The smallest absolute Gasteiger partial charge is 0.294 e. The minimum absolute atomic E-state index is 0.0149. The molecule has 0 spiro atoms. The lowest BCUT2D eigenvalue weighted by atomic mass is 10.1. The summed E-state index contributed by atoms with van der Waals surface area (Å²) in [5.74, 6) is 4.92. The van der Waals surface area contributed by atoms with Crippen LogP contribution in [-0.2, 0) is 4.74 Å². The monoisotopic (exact) mass is 280 g/mol. The average Bonchev–Trinajstić information content (AvgIpc) is 2.47. The van der Waals surface area contributed by atoms with Gasteiger partial charge >= 0.3 is 0 Å². The number of hydrogen-bond donors (Lipinski definition) is 3. The molecule has 1 aliphatic heterocycles. The predicted molar refractivity (Wildman–Crippen MR) is 72.2 cm³/mol. The van der Waals surface area contributed by atoms with Crippen LogP contribution in [0.3, 0.4) is 0 Å². The van der Waals surface area contributed by atoms with Crippen LogP contribution in [0.25, 0.3) is 0 Å². The molecular weight excluding hydrogens is 264 g/mol. The van der Waals surface area contributed by atoms with Gasteiger partial charge in [0.2, 0.25) is 0 Å². The molecule has 1 aromatic rings. The third kappa shape index (κ3) is 3.03. The first kappa shape index (κ1) is 14.2. The van der Waals surface area contributed by atoms with E-state index in [0.717, 1.165) is 12.8 Å². The quantitative estimate of drug-likeness (QED) is 0.426. The highest BCUT2D eigenvalue weighted by Crippen LogP contribution is 2.27. The lowest BCUT2D eigenvalue weighted by Crippen LogP contribution is -2.39. The second kappa shape index (κ2) is 6.31. The Morgan fingerprint density at radius 2 is 2.10 bits per heavy atom. The number of hydrazine groups is 1. The molecule has 0 atom stereocenters. The molecule has 108 valence electrons. The maximum absolute atomic E-state index is 12.2. The zero-order valence-electron chi connectivity index (χ0n) is 10.8. The van der Waals surface area contributed by atoms with Gasteiger partial charge in [0, 0.05) is 25.3 Å². The van der Waals surface area contributed by atoms with Gasteiger partial charge in [0.15, 0.2) is 0 Å². The molecule has 0 bridgehead atoms. The summed E-state index contributed by atoms with van der Waals surface area (Å²) in [6.07, 6.45) is 1.46. The van der Waals surface area contributed by atoms with Gasteiger partial charge in [-0.15, -0.1) is 0 Å². The van der Waals surface area contributed by atoms with Crippen molar-refractivity contribution < 1.29 is 14.5 Å². The molecule has 1 aromatic carbocycles. The molecular formula is C12H16N4O4. The van der Waals surface area contributed by atoms with Crippen molar-refractivity contribution in [1.29, 1.82) is 0 Å². The highest BCUT2D eigenvalue weighted by Gasteiger charge is 2.23. The van der Waals surface area contributed by atoms with Crippen molar-refractivity contribution in [1.82, 2.24) is 5.32 Å². The largest absolute Gasteiger partial charge is 0.381 e. The summed E-state index contributed by atoms with van der Waals surface area (Å²) in [6, 6.07) is 4.26. The standard InChI is InChI=1S/C12H16N4O4/c13-15-11-9(2-1-3-10(11)16(18)19)12(17)14-8-4-6-20-7-5-8/h1-3,8,15H,4-7,13H2,(H,14,17). The number of anilines is 1. The molecule has 0 saturated carbocycles. The first-order chi connectivity index (χ1) is 9.63. The fourth-order valence-electron chi connectivity index (χ4n) is 2.14. The number of nitrogens with two attached hydrogens (primary N) is 1. The Morgan fingerprint density at radius 3 is 2.70 bits per heavy atom. The number of carbonyl (C=O) groups is 1. The number of carbonyl (C=O) groups excluding carboxylic acids is 1. The summed E-state index contributed by atoms with van der Waals surface area (Å²) in [7, 11) is 0. The number of hydrogen-bond acceptors (Lipinski definition) is 6. The van der Waals surface area contributed by atoms with Crippen LogP contribution in [0.15, 0.2) is 18.2 Å². The molecule has 0 aliphatic carbocycles. The fourth-order valence-corrected chi connectivity index (χ4v) is 2.14. The number of benzene rings is 1. The SMILES string of the molecule is NNc1c(C(=O)NC2CCOCC2)cccc1[N+](=O)[O-]. The number of nitrogen functional groups attached to an aromatic ring is 1. The van der Waals surface area contributed by atoms with Crippen molar-refractivity contribution in [2.24, 2.45) is 5.84 Å². The second-order valence-corrected chi connectivity index (χ2v) is 4.46. The van der Waals surface area contributed by atoms with Crippen molar-refractivity contribution in [3.8, 4) is 0 Å². The lowest BCUT2D eigenvalue weighted by Gasteiger charge is -2.23. The van der Waals surface area contributed by atoms with Crippen LogP contribution in [0.1, 0.15) is 23.2 Å². The normalized spacial score (nSPS) is 15.7. The minimum atomic E-state index is -0.583. The van der Waals surface area contributed by atoms with Crippen LogP contribution >= 0.6 is 0 Å². The van der Waals surface area contributed by atoms with E-state index in [0.29, 0.717) is 13.2 Å². The van der Waals surface area contributed by atoms with Gasteiger partial charge in [-0.3, -0.25) is 20.8 Å². The van der Waals surface area contributed by atoms with Gasteiger partial charge in [0.25, 0.3) is 11.6 Å². The van der Waals surface area contributed by atoms with E-state index in [-0.39, 0.29) is 28.9 Å². The molecule has 1 heterocycles. The third-order valence-corrected chi connectivity index (χ3v) is 3.18. The summed E-state index contributed by atoms with van der Waals surface area (Å²) >= 11 is 0. The van der Waals surface area contributed by atoms with Gasteiger partial charge in [-0.1, -0.05) is 6.07 Å². The Kier molecular flexibility index (Phi) is 4.49. The minimum Gasteiger partial charge on any atom is -0.381 e. The lowest BCUT2D eigenvalue weighted by molar-refractivity contribution is -0.384. The molecule has 1 aliphatic rings. The highest BCUT2D eigenvalue weighted by molar-refractivity contribution is 6.01. The van der Waals surface area contributed by atoms with E-state index < -0.39 is 4.92 Å². The number of amides is 1. The van der Waals surface area contributed by atoms with E-state index in [1.165, 1.54) is 18.2 Å². The first-order valence-corrected chi connectivity index (χ1v) is 6.26. The van der Waals surface area contributed by atoms with Crippen molar-refractivity contribution >= 4 is 17.3 Å². The van der Waals surface area contributed by atoms with Crippen molar-refractivity contribution in [2.45, 2.75) is 18.9 Å². The summed E-state index contributed by atoms with van der Waals surface area (Å²) in [4.78, 5) is 22.5. The van der Waals surface area contributed by atoms with Crippen LogP contribution < -0.4 is 16.6 Å². The van der Waals surface area contributed by atoms with E-state index in [9.17, 15) is 14.9 Å². The molecule has 8 nitrogen and oxygen atoms in total. The molecule has 0 unspecified atom stereocenters. The van der Waals surface area contributed by atoms with Gasteiger partial charge in [0.05, 0.1) is 10.5 Å². The van der Waals surface area contributed by atoms with Crippen LogP contribution in [-0.4, -0.2) is 30.1 Å². The summed E-state index contributed by atoms with van der Waals surface area (Å²) < 4.78 is 5.21. The van der Waals surface area contributed by atoms with E-state index in [4.69, 9.17) is 10.6 Å². The Labute approximate surface area is 115 Å². The number of rotatable bonds is 4. The van der Waals surface area contributed by atoms with Crippen LogP contribution in [0.4, 0.5) is 11.4 Å². The number of ether oxygens (including phenoxy) is 1. The molecule has 1 saturated heterocycles. The van der Waals surface area contributed by atoms with E-state index in [1.54, 1.807) is 0 Å². The average molecular weight is 280 g/mol. The van der Waals surface area contributed by atoms with Crippen molar-refractivity contribution in [2.75, 3.05) is 18.6 Å². The molecule has 4 N–H and O–H groups in total. The van der Waals surface area contributed by atoms with Crippen molar-refractivity contribution in [3.63, 3.8) is 0 Å².